The van der Waals surface area contributed by atoms with Gasteiger partial charge >= 0.3 is 0 Å². The summed E-state index contributed by atoms with van der Waals surface area (Å²) in [4.78, 5) is 13.4. The smallest absolute Gasteiger partial charge is 0.225 e. The topological polar surface area (TPSA) is 63.2 Å². The number of sulfone groups is 1. The molecule has 1 amide bonds. The average molecular weight is 404 g/mol. The first-order valence-corrected chi connectivity index (χ1v) is 10.7. The van der Waals surface area contributed by atoms with E-state index in [4.69, 9.17) is 11.6 Å². The summed E-state index contributed by atoms with van der Waals surface area (Å²) in [6.45, 7) is 0. The van der Waals surface area contributed by atoms with Crippen LogP contribution in [-0.4, -0.2) is 14.3 Å². The molecule has 1 N–H and O–H groups in total. The first kappa shape index (κ1) is 17.3. The maximum Gasteiger partial charge on any atom is 0.225 e. The number of nitrogens with one attached hydrogen (secondary N) is 1. The molecule has 7 heteroatoms. The molecule has 1 aliphatic heterocycles. The van der Waals surface area contributed by atoms with Gasteiger partial charge in [0.05, 0.1) is 10.6 Å². The normalized spacial score (nSPS) is 16.8. The highest BCUT2D eigenvalue weighted by Gasteiger charge is 2.34. The predicted octanol–water partition coefficient (Wildman–Crippen LogP) is 4.71. The van der Waals surface area contributed by atoms with E-state index in [1.165, 1.54) is 23.5 Å². The molecule has 0 spiro atoms. The third-order valence-electron chi connectivity index (χ3n) is 4.37. The van der Waals surface area contributed by atoms with Crippen LogP contribution in [0.2, 0.25) is 5.02 Å². The molecule has 3 aromatic rings. The summed E-state index contributed by atoms with van der Waals surface area (Å²) < 4.78 is 26.1. The van der Waals surface area contributed by atoms with E-state index in [0.717, 1.165) is 10.4 Å². The van der Waals surface area contributed by atoms with Crippen LogP contribution in [0.4, 0.5) is 5.69 Å². The van der Waals surface area contributed by atoms with Gasteiger partial charge in [0, 0.05) is 27.6 Å². The Morgan fingerprint density at radius 1 is 1.04 bits per heavy atom. The molecule has 1 atom stereocenters. The molecule has 0 aliphatic carbocycles. The molecule has 26 heavy (non-hydrogen) atoms. The van der Waals surface area contributed by atoms with Gasteiger partial charge in [0.2, 0.25) is 15.7 Å². The Morgan fingerprint density at radius 2 is 1.73 bits per heavy atom. The van der Waals surface area contributed by atoms with Crippen molar-refractivity contribution in [2.45, 2.75) is 22.1 Å². The third-order valence-corrected chi connectivity index (χ3v) is 7.66. The Labute approximate surface area is 160 Å². The molecule has 0 saturated heterocycles. The number of thiophene rings is 1. The van der Waals surface area contributed by atoms with Gasteiger partial charge in [-0.2, -0.15) is 0 Å². The summed E-state index contributed by atoms with van der Waals surface area (Å²) in [6.07, 6.45) is 0.304. The number of hydrogen-bond donors (Lipinski definition) is 1. The molecule has 4 rings (SSSR count). The molecule has 1 unspecified atom stereocenters. The molecule has 1 aromatic heterocycles. The molecule has 132 valence electrons. The molecule has 0 radical (unpaired) electrons. The molecular formula is C19H14ClNO3S2. The molecule has 2 aromatic carbocycles. The molecule has 2 heterocycles. The van der Waals surface area contributed by atoms with Crippen molar-refractivity contribution in [2.75, 3.05) is 5.32 Å². The fraction of sp³-hybridized carbons (Fsp3) is 0.105. The Bertz CT molecular complexity index is 1070. The van der Waals surface area contributed by atoms with E-state index in [-0.39, 0.29) is 21.6 Å². The number of hydrogen-bond acceptors (Lipinski definition) is 4. The van der Waals surface area contributed by atoms with Crippen molar-refractivity contribution in [1.29, 1.82) is 0 Å². The van der Waals surface area contributed by atoms with Crippen molar-refractivity contribution in [1.82, 2.24) is 0 Å². The highest BCUT2D eigenvalue weighted by Crippen LogP contribution is 2.45. The summed E-state index contributed by atoms with van der Waals surface area (Å²) in [5.41, 5.74) is 1.40. The number of anilines is 1. The van der Waals surface area contributed by atoms with Crippen molar-refractivity contribution in [2.24, 2.45) is 0 Å². The Morgan fingerprint density at radius 3 is 2.42 bits per heavy atom. The minimum Gasteiger partial charge on any atom is -0.324 e. The van der Waals surface area contributed by atoms with Gasteiger partial charge in [-0.3, -0.25) is 4.79 Å². The first-order valence-electron chi connectivity index (χ1n) is 7.93. The molecular weight excluding hydrogens is 390 g/mol. The van der Waals surface area contributed by atoms with E-state index >= 15 is 0 Å². The molecule has 1 aliphatic rings. The number of amides is 1. The Hall–Kier alpha value is -2.15. The zero-order chi connectivity index (χ0) is 18.3. The lowest BCUT2D eigenvalue weighted by Gasteiger charge is -2.23. The number of benzene rings is 2. The van der Waals surface area contributed by atoms with Crippen LogP contribution in [0.1, 0.15) is 22.8 Å². The first-order chi connectivity index (χ1) is 12.5. The van der Waals surface area contributed by atoms with Gasteiger partial charge in [0.1, 0.15) is 4.90 Å². The van der Waals surface area contributed by atoms with Gasteiger partial charge in [-0.05, 0) is 29.8 Å². The number of carbonyl (C=O) groups excluding carboxylic acids is 1. The van der Waals surface area contributed by atoms with Gasteiger partial charge in [0.15, 0.2) is 0 Å². The Kier molecular flexibility index (Phi) is 4.34. The van der Waals surface area contributed by atoms with E-state index < -0.39 is 9.84 Å². The second-order valence-electron chi connectivity index (χ2n) is 6.01. The van der Waals surface area contributed by atoms with Crippen LogP contribution in [0.15, 0.2) is 69.8 Å². The van der Waals surface area contributed by atoms with Crippen LogP contribution in [0.5, 0.6) is 0 Å². The number of carbonyl (C=O) groups is 1. The van der Waals surface area contributed by atoms with E-state index in [0.29, 0.717) is 17.1 Å². The zero-order valence-electron chi connectivity index (χ0n) is 13.5. The summed E-state index contributed by atoms with van der Waals surface area (Å²) in [5.74, 6) is -0.323. The van der Waals surface area contributed by atoms with Crippen LogP contribution >= 0.6 is 22.9 Å². The van der Waals surface area contributed by atoms with Crippen LogP contribution < -0.4 is 5.32 Å². The van der Waals surface area contributed by atoms with Crippen molar-refractivity contribution < 1.29 is 13.2 Å². The lowest BCUT2D eigenvalue weighted by molar-refractivity contribution is -0.116. The van der Waals surface area contributed by atoms with Crippen molar-refractivity contribution >= 4 is 44.4 Å². The van der Waals surface area contributed by atoms with Gasteiger partial charge in [0.25, 0.3) is 0 Å². The fourth-order valence-corrected chi connectivity index (χ4v) is 6.13. The van der Waals surface area contributed by atoms with Gasteiger partial charge in [-0.1, -0.05) is 41.9 Å². The van der Waals surface area contributed by atoms with Crippen LogP contribution in [0, 0.1) is 0 Å². The van der Waals surface area contributed by atoms with Gasteiger partial charge < -0.3 is 5.32 Å². The molecule has 0 fully saturated rings. The third kappa shape index (κ3) is 2.94. The second-order valence-corrected chi connectivity index (χ2v) is 9.28. The maximum atomic E-state index is 13.0. The largest absolute Gasteiger partial charge is 0.324 e. The number of fused-ring (bicyclic) bond motifs is 1. The van der Waals surface area contributed by atoms with Crippen molar-refractivity contribution in [3.05, 3.63) is 75.4 Å². The van der Waals surface area contributed by atoms with E-state index in [1.807, 2.05) is 30.3 Å². The minimum absolute atomic E-state index is 0.133. The molecule has 0 bridgehead atoms. The van der Waals surface area contributed by atoms with E-state index in [1.54, 1.807) is 17.5 Å². The number of halogens is 1. The fourth-order valence-electron chi connectivity index (χ4n) is 3.10. The highest BCUT2D eigenvalue weighted by molar-refractivity contribution is 7.91. The molecule has 0 saturated carbocycles. The summed E-state index contributed by atoms with van der Waals surface area (Å²) in [7, 11) is -3.75. The van der Waals surface area contributed by atoms with Crippen molar-refractivity contribution in [3.8, 4) is 0 Å². The Balaban J connectivity index is 1.83. The number of rotatable bonds is 3. The van der Waals surface area contributed by atoms with Gasteiger partial charge in [-0.15, -0.1) is 11.3 Å². The summed E-state index contributed by atoms with van der Waals surface area (Å²) in [6, 6.07) is 15.7. The summed E-state index contributed by atoms with van der Waals surface area (Å²) >= 11 is 7.22. The zero-order valence-corrected chi connectivity index (χ0v) is 15.9. The standard InChI is InChI=1S/C19H14ClNO3S2/c20-13-6-8-14(9-7-13)26(23,24)16-11-25-19-15(10-17(22)21-18(16)19)12-4-2-1-3-5-12/h1-9,11,15H,10H2,(H,21,22). The minimum atomic E-state index is -3.75. The average Bonchev–Trinajstić information content (AvgIpc) is 3.06. The maximum absolute atomic E-state index is 13.0. The monoisotopic (exact) mass is 403 g/mol. The molecule has 4 nitrogen and oxygen atoms in total. The second kappa shape index (κ2) is 6.54. The van der Waals surface area contributed by atoms with E-state index in [9.17, 15) is 13.2 Å². The lowest BCUT2D eigenvalue weighted by Crippen LogP contribution is -2.23. The van der Waals surface area contributed by atoms with Crippen molar-refractivity contribution in [3.63, 3.8) is 0 Å². The highest BCUT2D eigenvalue weighted by atomic mass is 35.5. The predicted molar refractivity (Wildman–Crippen MR) is 103 cm³/mol. The van der Waals surface area contributed by atoms with E-state index in [2.05, 4.69) is 5.32 Å². The van der Waals surface area contributed by atoms with Crippen LogP contribution in [0.3, 0.4) is 0 Å². The lowest BCUT2D eigenvalue weighted by atomic mass is 9.91. The van der Waals surface area contributed by atoms with Crippen LogP contribution in [-0.2, 0) is 14.6 Å². The summed E-state index contributed by atoms with van der Waals surface area (Å²) in [5, 5.41) is 4.84. The SMILES string of the molecule is O=C1CC(c2ccccc2)c2scc(S(=O)(=O)c3ccc(Cl)cc3)c2N1. The quantitative estimate of drug-likeness (QED) is 0.688. The van der Waals surface area contributed by atoms with Gasteiger partial charge in [-0.25, -0.2) is 8.42 Å². The van der Waals surface area contributed by atoms with Crippen LogP contribution in [0.25, 0.3) is 0 Å².